The topological polar surface area (TPSA) is 59.0 Å². The number of carboxylic acid groups (broad SMARTS) is 1. The second-order valence-corrected chi connectivity index (χ2v) is 10.2. The van der Waals surface area contributed by atoms with Gasteiger partial charge in [-0.15, -0.1) is 12.4 Å². The molecule has 0 aliphatic carbocycles. The van der Waals surface area contributed by atoms with Crippen molar-refractivity contribution in [1.29, 1.82) is 0 Å². The molecule has 4 rings (SSSR count). The molecule has 0 saturated heterocycles. The van der Waals surface area contributed by atoms with Crippen molar-refractivity contribution in [3.05, 3.63) is 131 Å². The van der Waals surface area contributed by atoms with Gasteiger partial charge in [-0.1, -0.05) is 85.8 Å². The number of hydrogen-bond donors (Lipinski definition) is 1. The van der Waals surface area contributed by atoms with E-state index in [2.05, 4.69) is 36.1 Å². The molecule has 0 radical (unpaired) electrons. The molecule has 1 atom stereocenters. The van der Waals surface area contributed by atoms with E-state index in [9.17, 15) is 4.79 Å². The lowest BCUT2D eigenvalue weighted by molar-refractivity contribution is -0.136. The highest BCUT2D eigenvalue weighted by Crippen LogP contribution is 2.28. The summed E-state index contributed by atoms with van der Waals surface area (Å²) in [5.74, 6) is 0.190. The molecule has 0 fully saturated rings. The Labute approximate surface area is 248 Å². The lowest BCUT2D eigenvalue weighted by atomic mass is 9.90. The molecule has 0 aliphatic heterocycles. The van der Waals surface area contributed by atoms with E-state index in [0.717, 1.165) is 0 Å². The van der Waals surface area contributed by atoms with Crippen LogP contribution in [0.3, 0.4) is 0 Å². The summed E-state index contributed by atoms with van der Waals surface area (Å²) in [7, 11) is 1.53. The van der Waals surface area contributed by atoms with Gasteiger partial charge in [0.1, 0.15) is 17.3 Å². The van der Waals surface area contributed by atoms with Crippen molar-refractivity contribution >= 4 is 18.4 Å². The average Bonchev–Trinajstić information content (AvgIpc) is 2.96. The van der Waals surface area contributed by atoms with Crippen LogP contribution in [0.25, 0.3) is 0 Å². The lowest BCUT2D eigenvalue weighted by Crippen LogP contribution is -2.34. The highest BCUT2D eigenvalue weighted by Gasteiger charge is 2.21. The maximum absolute atomic E-state index is 15.0. The first-order valence-corrected chi connectivity index (χ1v) is 13.5. The summed E-state index contributed by atoms with van der Waals surface area (Å²) in [6, 6.07) is 33.0. The van der Waals surface area contributed by atoms with E-state index in [1.54, 1.807) is 30.3 Å². The van der Waals surface area contributed by atoms with E-state index in [1.165, 1.54) is 24.3 Å². The zero-order valence-corrected chi connectivity index (χ0v) is 24.2. The molecule has 4 aromatic rings. The van der Waals surface area contributed by atoms with Gasteiger partial charge in [-0.05, 0) is 34.9 Å². The van der Waals surface area contributed by atoms with E-state index in [1.807, 2.05) is 42.5 Å². The second-order valence-electron chi connectivity index (χ2n) is 10.2. The van der Waals surface area contributed by atoms with Crippen molar-refractivity contribution in [3.63, 3.8) is 0 Å². The third-order valence-corrected chi connectivity index (χ3v) is 6.86. The molecule has 0 saturated carbocycles. The first-order valence-electron chi connectivity index (χ1n) is 13.5. The summed E-state index contributed by atoms with van der Waals surface area (Å²) >= 11 is 0. The largest absolute Gasteiger partial charge is 0.497 e. The highest BCUT2D eigenvalue weighted by molar-refractivity contribution is 5.85. The van der Waals surface area contributed by atoms with Crippen molar-refractivity contribution in [2.75, 3.05) is 26.8 Å². The van der Waals surface area contributed by atoms with Crippen LogP contribution in [0.2, 0.25) is 0 Å². The maximum atomic E-state index is 15.0. The van der Waals surface area contributed by atoms with Gasteiger partial charge in [-0.2, -0.15) is 0 Å². The summed E-state index contributed by atoms with van der Waals surface area (Å²) in [5.41, 5.74) is 3.71. The fraction of sp³-hybridized carbons (Fsp3) is 0.265. The van der Waals surface area contributed by atoms with Crippen LogP contribution in [0.15, 0.2) is 103 Å². The molecule has 0 spiro atoms. The third kappa shape index (κ3) is 9.62. The Kier molecular flexibility index (Phi) is 12.2. The Morgan fingerprint density at radius 3 is 2.10 bits per heavy atom. The quantitative estimate of drug-likeness (QED) is 0.171. The number of rotatable bonds is 14. The summed E-state index contributed by atoms with van der Waals surface area (Å²) < 4.78 is 26.3. The van der Waals surface area contributed by atoms with Gasteiger partial charge in [-0.3, -0.25) is 9.69 Å². The monoisotopic (exact) mass is 577 g/mol. The Bertz CT molecular complexity index is 1330. The molecule has 0 unspecified atom stereocenters. The number of nitrogens with zero attached hydrogens (tertiary/aromatic N) is 1. The molecule has 0 heterocycles. The minimum Gasteiger partial charge on any atom is -0.497 e. The van der Waals surface area contributed by atoms with Crippen molar-refractivity contribution in [2.45, 2.75) is 25.8 Å². The molecule has 5 nitrogen and oxygen atoms in total. The van der Waals surface area contributed by atoms with Crippen LogP contribution >= 0.6 is 12.4 Å². The summed E-state index contributed by atoms with van der Waals surface area (Å²) in [6.45, 7) is 4.36. The van der Waals surface area contributed by atoms with E-state index in [-0.39, 0.29) is 36.5 Å². The van der Waals surface area contributed by atoms with E-state index in [4.69, 9.17) is 14.6 Å². The molecule has 7 heteroatoms. The first-order chi connectivity index (χ1) is 19.4. The standard InChI is InChI=1S/C34H36FNO4.ClH/c1-25(24-40-31-15-9-10-26(18-31)19-34(37)38)21-36(22-29-16-17-30(39-2)20-33(29)35)23-32(27-11-5-3-6-12-27)28-13-7-4-8-14-28;/h3-18,20,25,32H,19,21-24H2,1-2H3,(H,37,38);1H/t25-;/m1./s1. The predicted octanol–water partition coefficient (Wildman–Crippen LogP) is 7.23. The van der Waals surface area contributed by atoms with Crippen LogP contribution in [0.1, 0.15) is 35.1 Å². The molecule has 0 bridgehead atoms. The smallest absolute Gasteiger partial charge is 0.307 e. The molecular formula is C34H37ClFNO4. The van der Waals surface area contributed by atoms with Crippen molar-refractivity contribution < 1.29 is 23.8 Å². The summed E-state index contributed by atoms with van der Waals surface area (Å²) in [6.07, 6.45) is -0.0473. The lowest BCUT2D eigenvalue weighted by Gasteiger charge is -2.31. The normalized spacial score (nSPS) is 11.6. The fourth-order valence-electron chi connectivity index (χ4n) is 4.91. The summed E-state index contributed by atoms with van der Waals surface area (Å²) in [4.78, 5) is 13.4. The number of ether oxygens (including phenoxy) is 2. The van der Waals surface area contributed by atoms with E-state index < -0.39 is 5.97 Å². The SMILES string of the molecule is COc1ccc(CN(CC(c2ccccc2)c2ccccc2)C[C@@H](C)COc2cccc(CC(=O)O)c2)c(F)c1.Cl. The van der Waals surface area contributed by atoms with Gasteiger partial charge in [0, 0.05) is 43.1 Å². The van der Waals surface area contributed by atoms with Gasteiger partial charge in [0.05, 0.1) is 20.1 Å². The predicted molar refractivity (Wildman–Crippen MR) is 163 cm³/mol. The number of methoxy groups -OCH3 is 1. The van der Waals surface area contributed by atoms with E-state index >= 15 is 4.39 Å². The number of aliphatic carboxylic acids is 1. The zero-order chi connectivity index (χ0) is 28.3. The highest BCUT2D eigenvalue weighted by atomic mass is 35.5. The molecule has 0 aliphatic rings. The Morgan fingerprint density at radius 1 is 0.854 bits per heavy atom. The van der Waals surface area contributed by atoms with Gasteiger partial charge in [0.2, 0.25) is 0 Å². The molecule has 216 valence electrons. The molecule has 41 heavy (non-hydrogen) atoms. The maximum Gasteiger partial charge on any atom is 0.307 e. The van der Waals surface area contributed by atoms with Gasteiger partial charge in [0.15, 0.2) is 0 Å². The molecule has 4 aromatic carbocycles. The second kappa shape index (κ2) is 15.8. The molecule has 0 aromatic heterocycles. The van der Waals surface area contributed by atoms with Gasteiger partial charge in [-0.25, -0.2) is 4.39 Å². The average molecular weight is 578 g/mol. The van der Waals surface area contributed by atoms with Crippen molar-refractivity contribution in [3.8, 4) is 11.5 Å². The van der Waals surface area contributed by atoms with Crippen LogP contribution < -0.4 is 9.47 Å². The Morgan fingerprint density at radius 2 is 1.51 bits per heavy atom. The van der Waals surface area contributed by atoms with Crippen molar-refractivity contribution in [2.24, 2.45) is 5.92 Å². The minimum atomic E-state index is -0.877. The fourth-order valence-corrected chi connectivity index (χ4v) is 4.91. The number of halogens is 2. The molecular weight excluding hydrogens is 541 g/mol. The summed E-state index contributed by atoms with van der Waals surface area (Å²) in [5, 5.41) is 9.10. The van der Waals surface area contributed by atoms with Gasteiger partial charge in [0.25, 0.3) is 0 Å². The minimum absolute atomic E-state index is 0. The van der Waals surface area contributed by atoms with Crippen LogP contribution in [-0.4, -0.2) is 42.8 Å². The zero-order valence-electron chi connectivity index (χ0n) is 23.4. The van der Waals surface area contributed by atoms with Crippen LogP contribution in [0.5, 0.6) is 11.5 Å². The number of benzene rings is 4. The van der Waals surface area contributed by atoms with Gasteiger partial charge < -0.3 is 14.6 Å². The number of carboxylic acids is 1. The Hall–Kier alpha value is -3.87. The first kappa shape index (κ1) is 31.7. The van der Waals surface area contributed by atoms with Gasteiger partial charge >= 0.3 is 5.97 Å². The molecule has 0 amide bonds. The van der Waals surface area contributed by atoms with Crippen LogP contribution in [0, 0.1) is 11.7 Å². The van der Waals surface area contributed by atoms with E-state index in [0.29, 0.717) is 48.9 Å². The van der Waals surface area contributed by atoms with Crippen LogP contribution in [-0.2, 0) is 17.8 Å². The number of hydrogen-bond acceptors (Lipinski definition) is 4. The Balaban J connectivity index is 0.00000462. The molecule has 1 N–H and O–H groups in total. The van der Waals surface area contributed by atoms with Crippen LogP contribution in [0.4, 0.5) is 4.39 Å². The van der Waals surface area contributed by atoms with Crippen molar-refractivity contribution in [1.82, 2.24) is 4.90 Å². The number of carbonyl (C=O) groups is 1. The third-order valence-electron chi connectivity index (χ3n) is 6.86.